The lowest BCUT2D eigenvalue weighted by atomic mass is 9.99. The van der Waals surface area contributed by atoms with E-state index in [1.807, 2.05) is 0 Å². The molecule has 0 spiro atoms. The fraction of sp³-hybridized carbons (Fsp3) is 0.647. The van der Waals surface area contributed by atoms with Crippen LogP contribution in [-0.2, 0) is 0 Å². The number of piperidine rings is 1. The molecule has 0 aliphatic carbocycles. The highest BCUT2D eigenvalue weighted by molar-refractivity contribution is 5.55. The van der Waals surface area contributed by atoms with Gasteiger partial charge in [0, 0.05) is 37.1 Å². The van der Waals surface area contributed by atoms with Gasteiger partial charge < -0.3 is 16.0 Å². The van der Waals surface area contributed by atoms with Crippen LogP contribution in [0.5, 0.6) is 0 Å². The van der Waals surface area contributed by atoms with E-state index in [9.17, 15) is 0 Å². The van der Waals surface area contributed by atoms with Gasteiger partial charge in [-0.2, -0.15) is 0 Å². The minimum atomic E-state index is 0.207. The Hall–Kier alpha value is -1.22. The van der Waals surface area contributed by atoms with Gasteiger partial charge >= 0.3 is 0 Å². The minimum Gasteiger partial charge on any atom is -0.383 e. The maximum atomic E-state index is 6.05. The molecule has 1 fully saturated rings. The van der Waals surface area contributed by atoms with Crippen molar-refractivity contribution in [1.29, 1.82) is 0 Å². The summed E-state index contributed by atoms with van der Waals surface area (Å²) in [6, 6.07) is 8.98. The van der Waals surface area contributed by atoms with E-state index in [4.69, 9.17) is 5.73 Å². The molecule has 0 amide bonds. The summed E-state index contributed by atoms with van der Waals surface area (Å²) in [5, 5.41) is 3.42. The zero-order chi connectivity index (χ0) is 14.5. The molecule has 3 nitrogen and oxygen atoms in total. The fourth-order valence-electron chi connectivity index (χ4n) is 2.53. The number of rotatable bonds is 5. The Morgan fingerprint density at radius 1 is 1.20 bits per heavy atom. The molecular weight excluding hydrogens is 246 g/mol. The van der Waals surface area contributed by atoms with Crippen LogP contribution in [0.15, 0.2) is 24.3 Å². The molecule has 1 heterocycles. The molecule has 1 saturated heterocycles. The molecule has 0 saturated carbocycles. The number of nitrogens with zero attached hydrogens (tertiary/aromatic N) is 1. The molecule has 2 rings (SSSR count). The van der Waals surface area contributed by atoms with Crippen molar-refractivity contribution in [3.63, 3.8) is 0 Å². The molecule has 3 N–H and O–H groups in total. The maximum Gasteiger partial charge on any atom is 0.0367 e. The van der Waals surface area contributed by atoms with Crippen LogP contribution in [-0.4, -0.2) is 25.7 Å². The Morgan fingerprint density at radius 2 is 1.80 bits per heavy atom. The van der Waals surface area contributed by atoms with Crippen molar-refractivity contribution >= 4 is 11.4 Å². The average Bonchev–Trinajstić information content (AvgIpc) is 2.46. The predicted octanol–water partition coefficient (Wildman–Crippen LogP) is 3.32. The summed E-state index contributed by atoms with van der Waals surface area (Å²) in [7, 11) is 0. The second-order valence-corrected chi connectivity index (χ2v) is 6.51. The number of anilines is 2. The van der Waals surface area contributed by atoms with Crippen molar-refractivity contribution < 1.29 is 0 Å². The van der Waals surface area contributed by atoms with Crippen LogP contribution in [0.25, 0.3) is 0 Å². The highest BCUT2D eigenvalue weighted by atomic mass is 15.1. The van der Waals surface area contributed by atoms with Crippen LogP contribution in [0, 0.1) is 11.8 Å². The molecule has 112 valence electrons. The van der Waals surface area contributed by atoms with Crippen molar-refractivity contribution in [2.45, 2.75) is 39.7 Å². The van der Waals surface area contributed by atoms with Crippen LogP contribution in [0.2, 0.25) is 0 Å². The van der Waals surface area contributed by atoms with E-state index in [2.05, 4.69) is 55.3 Å². The number of nitrogens with one attached hydrogen (secondary N) is 1. The lowest BCUT2D eigenvalue weighted by Gasteiger charge is -2.32. The summed E-state index contributed by atoms with van der Waals surface area (Å²) in [5.74, 6) is 1.39. The van der Waals surface area contributed by atoms with E-state index in [1.165, 1.54) is 31.6 Å². The zero-order valence-electron chi connectivity index (χ0n) is 13.1. The molecule has 3 heteroatoms. The second kappa shape index (κ2) is 6.98. The summed E-state index contributed by atoms with van der Waals surface area (Å²) in [6.45, 7) is 9.87. The van der Waals surface area contributed by atoms with Gasteiger partial charge in [-0.25, -0.2) is 0 Å². The quantitative estimate of drug-likeness (QED) is 0.866. The predicted molar refractivity (Wildman–Crippen MR) is 88.4 cm³/mol. The highest BCUT2D eigenvalue weighted by Gasteiger charge is 2.15. The third kappa shape index (κ3) is 4.14. The average molecular weight is 275 g/mol. The largest absolute Gasteiger partial charge is 0.383 e. The lowest BCUT2D eigenvalue weighted by molar-refractivity contribution is 0.438. The number of nitrogens with two attached hydrogens (primary N) is 1. The zero-order valence-corrected chi connectivity index (χ0v) is 13.1. The van der Waals surface area contributed by atoms with Crippen LogP contribution in [0.3, 0.4) is 0 Å². The molecule has 0 aromatic heterocycles. The van der Waals surface area contributed by atoms with Crippen molar-refractivity contribution in [1.82, 2.24) is 0 Å². The molecule has 1 aromatic rings. The molecule has 0 radical (unpaired) electrons. The van der Waals surface area contributed by atoms with Crippen molar-refractivity contribution in [3.05, 3.63) is 24.3 Å². The molecule has 1 atom stereocenters. The molecule has 1 unspecified atom stereocenters. The topological polar surface area (TPSA) is 41.3 Å². The SMILES string of the molecule is CC1CCN(c2ccc(NCC(N)C(C)C)cc2)CC1. The number of hydrogen-bond donors (Lipinski definition) is 2. The first-order chi connectivity index (χ1) is 9.56. The third-order valence-corrected chi connectivity index (χ3v) is 4.41. The summed E-state index contributed by atoms with van der Waals surface area (Å²) in [4.78, 5) is 2.49. The second-order valence-electron chi connectivity index (χ2n) is 6.51. The van der Waals surface area contributed by atoms with E-state index >= 15 is 0 Å². The van der Waals surface area contributed by atoms with E-state index in [-0.39, 0.29) is 6.04 Å². The third-order valence-electron chi connectivity index (χ3n) is 4.41. The lowest BCUT2D eigenvalue weighted by Crippen LogP contribution is -2.34. The van der Waals surface area contributed by atoms with Gasteiger partial charge in [0.25, 0.3) is 0 Å². The normalized spacial score (nSPS) is 18.4. The van der Waals surface area contributed by atoms with Crippen molar-refractivity contribution in [2.24, 2.45) is 17.6 Å². The first-order valence-electron chi connectivity index (χ1n) is 7.90. The molecule has 20 heavy (non-hydrogen) atoms. The van der Waals surface area contributed by atoms with Crippen molar-refractivity contribution in [2.75, 3.05) is 29.9 Å². The van der Waals surface area contributed by atoms with E-state index in [0.717, 1.165) is 18.2 Å². The van der Waals surface area contributed by atoms with Gasteiger partial charge in [0.1, 0.15) is 0 Å². The van der Waals surface area contributed by atoms with Gasteiger partial charge in [0.15, 0.2) is 0 Å². The monoisotopic (exact) mass is 275 g/mol. The Kier molecular flexibility index (Phi) is 5.30. The summed E-state index contributed by atoms with van der Waals surface area (Å²) >= 11 is 0. The maximum absolute atomic E-state index is 6.05. The molecule has 0 bridgehead atoms. The molecule has 1 aromatic carbocycles. The van der Waals surface area contributed by atoms with Crippen LogP contribution in [0.1, 0.15) is 33.6 Å². The highest BCUT2D eigenvalue weighted by Crippen LogP contribution is 2.24. The Balaban J connectivity index is 1.86. The van der Waals surface area contributed by atoms with Gasteiger partial charge in [-0.3, -0.25) is 0 Å². The smallest absolute Gasteiger partial charge is 0.0367 e. The van der Waals surface area contributed by atoms with Gasteiger partial charge in [0.2, 0.25) is 0 Å². The van der Waals surface area contributed by atoms with Gasteiger partial charge in [-0.15, -0.1) is 0 Å². The summed E-state index contributed by atoms with van der Waals surface area (Å²) in [6.07, 6.45) is 2.62. The molecule has 1 aliphatic heterocycles. The van der Waals surface area contributed by atoms with Crippen molar-refractivity contribution in [3.8, 4) is 0 Å². The first kappa shape index (κ1) is 15.2. The minimum absolute atomic E-state index is 0.207. The van der Waals surface area contributed by atoms with Gasteiger partial charge in [-0.1, -0.05) is 20.8 Å². The summed E-state index contributed by atoms with van der Waals surface area (Å²) in [5.41, 5.74) is 8.56. The summed E-state index contributed by atoms with van der Waals surface area (Å²) < 4.78 is 0. The molecule has 1 aliphatic rings. The van der Waals surface area contributed by atoms with Gasteiger partial charge in [-0.05, 0) is 48.9 Å². The van der Waals surface area contributed by atoms with Crippen LogP contribution in [0.4, 0.5) is 11.4 Å². The Labute approximate surface area is 123 Å². The van der Waals surface area contributed by atoms with E-state index in [0.29, 0.717) is 5.92 Å². The number of benzene rings is 1. The fourth-order valence-corrected chi connectivity index (χ4v) is 2.53. The first-order valence-corrected chi connectivity index (χ1v) is 7.90. The number of hydrogen-bond acceptors (Lipinski definition) is 3. The standard InChI is InChI=1S/C17H29N3/c1-13(2)17(18)12-19-15-4-6-16(7-5-15)20-10-8-14(3)9-11-20/h4-7,13-14,17,19H,8-12,18H2,1-3H3. The molecular formula is C17H29N3. The van der Waals surface area contributed by atoms with Crippen LogP contribution >= 0.6 is 0 Å². The van der Waals surface area contributed by atoms with Crippen LogP contribution < -0.4 is 16.0 Å². The Morgan fingerprint density at radius 3 is 2.35 bits per heavy atom. The van der Waals surface area contributed by atoms with E-state index in [1.54, 1.807) is 0 Å². The van der Waals surface area contributed by atoms with E-state index < -0.39 is 0 Å². The van der Waals surface area contributed by atoms with Gasteiger partial charge in [0.05, 0.1) is 0 Å². The Bertz CT molecular complexity index is 391.